The molecule has 156 valence electrons. The van der Waals surface area contributed by atoms with Gasteiger partial charge in [-0.1, -0.05) is 32.4 Å². The zero-order valence-corrected chi connectivity index (χ0v) is 18.4. The van der Waals surface area contributed by atoms with E-state index in [9.17, 15) is 9.59 Å². The first-order valence-electron chi connectivity index (χ1n) is 10.3. The van der Waals surface area contributed by atoms with Crippen LogP contribution in [-0.4, -0.2) is 35.4 Å². The van der Waals surface area contributed by atoms with Gasteiger partial charge in [0.1, 0.15) is 17.4 Å². The molecular formula is C23H28ClNO4. The van der Waals surface area contributed by atoms with Gasteiger partial charge in [0.05, 0.1) is 17.7 Å². The highest BCUT2D eigenvalue weighted by atomic mass is 35.5. The van der Waals surface area contributed by atoms with Gasteiger partial charge in [0.2, 0.25) is 0 Å². The highest BCUT2D eigenvalue weighted by Gasteiger charge is 2.45. The number of hydrogen-bond acceptors (Lipinski definition) is 5. The van der Waals surface area contributed by atoms with Gasteiger partial charge >= 0.3 is 5.97 Å². The lowest BCUT2D eigenvalue weighted by Crippen LogP contribution is -2.50. The molecule has 1 aromatic rings. The van der Waals surface area contributed by atoms with Crippen molar-refractivity contribution in [2.24, 2.45) is 5.41 Å². The van der Waals surface area contributed by atoms with E-state index in [1.54, 1.807) is 13.1 Å². The van der Waals surface area contributed by atoms with Crippen molar-refractivity contribution in [2.45, 2.75) is 72.1 Å². The van der Waals surface area contributed by atoms with Crippen molar-refractivity contribution in [3.05, 3.63) is 39.6 Å². The van der Waals surface area contributed by atoms with E-state index >= 15 is 0 Å². The number of ketones is 1. The summed E-state index contributed by atoms with van der Waals surface area (Å²) in [6, 6.07) is 1.96. The Morgan fingerprint density at radius 3 is 2.66 bits per heavy atom. The highest BCUT2D eigenvalue weighted by molar-refractivity contribution is 6.32. The molecule has 3 aliphatic rings. The Morgan fingerprint density at radius 2 is 2.00 bits per heavy atom. The van der Waals surface area contributed by atoms with E-state index in [-0.39, 0.29) is 48.0 Å². The van der Waals surface area contributed by atoms with Crippen molar-refractivity contribution in [1.82, 2.24) is 4.90 Å². The van der Waals surface area contributed by atoms with Crippen LogP contribution in [0.4, 0.5) is 0 Å². The number of carbonyl (C=O) groups excluding carboxylic acids is 2. The lowest BCUT2D eigenvalue weighted by atomic mass is 9.73. The maximum absolute atomic E-state index is 12.8. The molecule has 0 saturated heterocycles. The fourth-order valence-corrected chi connectivity index (χ4v) is 5.14. The summed E-state index contributed by atoms with van der Waals surface area (Å²) in [6.07, 6.45) is 3.73. The van der Waals surface area contributed by atoms with Gasteiger partial charge in [-0.2, -0.15) is 0 Å². The van der Waals surface area contributed by atoms with Crippen molar-refractivity contribution in [3.63, 3.8) is 0 Å². The van der Waals surface area contributed by atoms with Crippen LogP contribution >= 0.6 is 11.6 Å². The smallest absolute Gasteiger partial charge is 0.343 e. The average molecular weight is 418 g/mol. The molecule has 29 heavy (non-hydrogen) atoms. The molecule has 0 saturated carbocycles. The summed E-state index contributed by atoms with van der Waals surface area (Å²) in [5, 5.41) is 0.602. The summed E-state index contributed by atoms with van der Waals surface area (Å²) in [6.45, 7) is 10.6. The van der Waals surface area contributed by atoms with Crippen LogP contribution in [0.3, 0.4) is 0 Å². The Hall–Kier alpha value is -2.01. The van der Waals surface area contributed by atoms with Gasteiger partial charge in [-0.15, -0.1) is 0 Å². The van der Waals surface area contributed by atoms with Gasteiger partial charge in [-0.3, -0.25) is 4.79 Å². The number of esters is 1. The average Bonchev–Trinajstić information content (AvgIpc) is 3.02. The summed E-state index contributed by atoms with van der Waals surface area (Å²) < 4.78 is 11.1. The van der Waals surface area contributed by atoms with Crippen LogP contribution in [0.25, 0.3) is 0 Å². The molecule has 0 bridgehead atoms. The van der Waals surface area contributed by atoms with Crippen LogP contribution in [0.5, 0.6) is 5.75 Å². The summed E-state index contributed by atoms with van der Waals surface area (Å²) in [5.41, 5.74) is 3.62. The summed E-state index contributed by atoms with van der Waals surface area (Å²) in [4.78, 5) is 27.4. The minimum Gasteiger partial charge on any atom is -0.489 e. The number of ether oxygens (including phenoxy) is 2. The van der Waals surface area contributed by atoms with Gasteiger partial charge in [0, 0.05) is 30.6 Å². The number of benzene rings is 1. The van der Waals surface area contributed by atoms with E-state index in [2.05, 4.69) is 32.6 Å². The molecule has 4 rings (SSSR count). The molecule has 3 aliphatic heterocycles. The first kappa shape index (κ1) is 20.3. The van der Waals surface area contributed by atoms with E-state index in [0.717, 1.165) is 24.2 Å². The molecule has 0 spiro atoms. The fraction of sp³-hybridized carbons (Fsp3) is 0.565. The summed E-state index contributed by atoms with van der Waals surface area (Å²) >= 11 is 6.57. The molecule has 0 amide bonds. The van der Waals surface area contributed by atoms with Gasteiger partial charge in [-0.05, 0) is 42.9 Å². The van der Waals surface area contributed by atoms with Gasteiger partial charge in [0.15, 0.2) is 5.78 Å². The van der Waals surface area contributed by atoms with Crippen LogP contribution in [0.15, 0.2) is 17.8 Å². The minimum absolute atomic E-state index is 0.0514. The normalized spacial score (nSPS) is 25.6. The monoisotopic (exact) mass is 417 g/mol. The van der Waals surface area contributed by atoms with Crippen molar-refractivity contribution < 1.29 is 19.1 Å². The Labute approximate surface area is 177 Å². The molecule has 1 aromatic carbocycles. The Kier molecular flexibility index (Phi) is 4.93. The van der Waals surface area contributed by atoms with E-state index in [1.165, 1.54) is 11.1 Å². The molecule has 0 N–H and O–H groups in total. The molecule has 3 atom stereocenters. The SMILES string of the molecule is CCOC(=O)C1=CN2C(CC1=O)c1cc(Cl)c3c(c1CC2C(C)(C)C)CC(C)O3. The molecule has 3 unspecified atom stereocenters. The lowest BCUT2D eigenvalue weighted by molar-refractivity contribution is -0.140. The van der Waals surface area contributed by atoms with Crippen LogP contribution in [0.1, 0.15) is 63.8 Å². The second-order valence-electron chi connectivity index (χ2n) is 9.31. The van der Waals surface area contributed by atoms with Crippen molar-refractivity contribution in [3.8, 4) is 5.75 Å². The first-order valence-corrected chi connectivity index (χ1v) is 10.7. The molecule has 0 radical (unpaired) electrons. The van der Waals surface area contributed by atoms with Crippen molar-refractivity contribution >= 4 is 23.4 Å². The largest absolute Gasteiger partial charge is 0.489 e. The molecule has 0 fully saturated rings. The Balaban J connectivity index is 1.86. The molecule has 0 aromatic heterocycles. The zero-order chi connectivity index (χ0) is 21.1. The van der Waals surface area contributed by atoms with Crippen LogP contribution in [0.2, 0.25) is 5.02 Å². The number of halogens is 1. The van der Waals surface area contributed by atoms with E-state index in [4.69, 9.17) is 21.1 Å². The second kappa shape index (κ2) is 7.05. The first-order chi connectivity index (χ1) is 13.6. The lowest BCUT2D eigenvalue weighted by Gasteiger charge is -2.50. The van der Waals surface area contributed by atoms with Crippen molar-refractivity contribution in [1.29, 1.82) is 0 Å². The molecule has 5 nitrogen and oxygen atoms in total. The van der Waals surface area contributed by atoms with E-state index in [1.807, 2.05) is 6.07 Å². The predicted molar refractivity (Wildman–Crippen MR) is 111 cm³/mol. The number of nitrogens with zero attached hydrogens (tertiary/aromatic N) is 1. The number of fused-ring (bicyclic) bond motifs is 5. The van der Waals surface area contributed by atoms with E-state index in [0.29, 0.717) is 5.02 Å². The fourth-order valence-electron chi connectivity index (χ4n) is 4.86. The van der Waals surface area contributed by atoms with Gasteiger partial charge < -0.3 is 14.4 Å². The minimum atomic E-state index is -0.538. The maximum Gasteiger partial charge on any atom is 0.343 e. The van der Waals surface area contributed by atoms with Crippen LogP contribution in [-0.2, 0) is 27.2 Å². The van der Waals surface area contributed by atoms with Crippen LogP contribution in [0, 0.1) is 5.41 Å². The highest BCUT2D eigenvalue weighted by Crippen LogP contribution is 2.50. The number of rotatable bonds is 2. The summed E-state index contributed by atoms with van der Waals surface area (Å²) in [5.74, 6) is 0.0824. The molecular weight excluding hydrogens is 390 g/mol. The quantitative estimate of drug-likeness (QED) is 0.527. The number of Topliss-reactive ketones (excluding diaryl/α,β-unsaturated/α-hetero) is 1. The maximum atomic E-state index is 12.8. The zero-order valence-electron chi connectivity index (χ0n) is 17.7. The van der Waals surface area contributed by atoms with Gasteiger partial charge in [0.25, 0.3) is 0 Å². The second-order valence-corrected chi connectivity index (χ2v) is 9.71. The Bertz CT molecular complexity index is 914. The topological polar surface area (TPSA) is 55.8 Å². The molecule has 6 heteroatoms. The third-order valence-electron chi connectivity index (χ3n) is 6.23. The van der Waals surface area contributed by atoms with Crippen molar-refractivity contribution in [2.75, 3.05) is 6.61 Å². The van der Waals surface area contributed by atoms with Crippen LogP contribution < -0.4 is 4.74 Å². The van der Waals surface area contributed by atoms with E-state index < -0.39 is 5.97 Å². The Morgan fingerprint density at radius 1 is 1.28 bits per heavy atom. The number of carbonyl (C=O) groups is 2. The predicted octanol–water partition coefficient (Wildman–Crippen LogP) is 4.40. The number of hydrogen-bond donors (Lipinski definition) is 0. The third-order valence-corrected chi connectivity index (χ3v) is 6.51. The molecule has 3 heterocycles. The summed E-state index contributed by atoms with van der Waals surface area (Å²) in [7, 11) is 0. The standard InChI is InChI=1S/C23H28ClNO4/c1-6-28-22(27)16-11-25-18(10-19(16)26)14-8-17(24)21-15(7-12(2)29-21)13(14)9-20(25)23(3,4)5/h8,11-12,18,20H,6-7,9-10H2,1-5H3. The molecule has 0 aliphatic carbocycles. The third kappa shape index (κ3) is 3.33. The van der Waals surface area contributed by atoms with Gasteiger partial charge in [-0.25, -0.2) is 4.79 Å².